The Morgan fingerprint density at radius 2 is 2.45 bits per heavy atom. The van der Waals surface area contributed by atoms with Gasteiger partial charge in [-0.05, 0) is 19.3 Å². The summed E-state index contributed by atoms with van der Waals surface area (Å²) in [4.78, 5) is 3.95. The number of hydrogen-bond acceptors (Lipinski definition) is 4. The molecule has 4 nitrogen and oxygen atoms in total. The highest BCUT2D eigenvalue weighted by atomic mass is 16.4. The second-order valence-electron chi connectivity index (χ2n) is 2.77. The van der Waals surface area contributed by atoms with E-state index in [1.807, 2.05) is 0 Å². The minimum atomic E-state index is -0.497. The smallest absolute Gasteiger partial charge is 0.292 e. The summed E-state index contributed by atoms with van der Waals surface area (Å²) in [5.41, 5.74) is 6.15. The van der Waals surface area contributed by atoms with E-state index in [0.717, 1.165) is 25.0 Å². The number of anilines is 1. The standard InChI is InChI=1S/C7H10N2O2/c8-7-9-4-2-1-3-5(10)6(4)11-7/h5,10H,1-3H2,(H2,8,9). The molecule has 1 aliphatic rings. The lowest BCUT2D eigenvalue weighted by molar-refractivity contribution is 0.130. The molecule has 1 unspecified atom stereocenters. The Hall–Kier alpha value is -1.03. The number of rotatable bonds is 0. The van der Waals surface area contributed by atoms with Crippen molar-refractivity contribution in [3.05, 3.63) is 11.5 Å². The molecule has 0 spiro atoms. The number of aliphatic hydroxyl groups excluding tert-OH is 1. The molecule has 2 rings (SSSR count). The van der Waals surface area contributed by atoms with Gasteiger partial charge >= 0.3 is 0 Å². The number of aliphatic hydroxyl groups is 1. The van der Waals surface area contributed by atoms with E-state index in [4.69, 9.17) is 10.2 Å². The van der Waals surface area contributed by atoms with E-state index < -0.39 is 6.10 Å². The average molecular weight is 154 g/mol. The Labute approximate surface area is 64.0 Å². The Kier molecular flexibility index (Phi) is 1.35. The molecule has 3 N–H and O–H groups in total. The van der Waals surface area contributed by atoms with E-state index in [-0.39, 0.29) is 6.01 Å². The maximum absolute atomic E-state index is 9.39. The molecule has 0 saturated heterocycles. The zero-order valence-electron chi connectivity index (χ0n) is 6.08. The number of nitrogens with two attached hydrogens (primary N) is 1. The first-order chi connectivity index (χ1) is 5.27. The maximum Gasteiger partial charge on any atom is 0.292 e. The van der Waals surface area contributed by atoms with Crippen molar-refractivity contribution in [1.29, 1.82) is 0 Å². The average Bonchev–Trinajstić information content (AvgIpc) is 2.31. The molecule has 1 heterocycles. The highest BCUT2D eigenvalue weighted by molar-refractivity contribution is 5.23. The molecule has 0 aliphatic heterocycles. The molecule has 0 fully saturated rings. The molecule has 1 aromatic heterocycles. The van der Waals surface area contributed by atoms with Gasteiger partial charge in [-0.3, -0.25) is 0 Å². The topological polar surface area (TPSA) is 72.3 Å². The fraction of sp³-hybridized carbons (Fsp3) is 0.571. The Morgan fingerprint density at radius 1 is 1.64 bits per heavy atom. The molecular formula is C7H10N2O2. The van der Waals surface area contributed by atoms with Gasteiger partial charge in [0.15, 0.2) is 5.76 Å². The minimum absolute atomic E-state index is 0.163. The van der Waals surface area contributed by atoms with E-state index in [1.165, 1.54) is 0 Å². The van der Waals surface area contributed by atoms with Gasteiger partial charge in [-0.15, -0.1) is 0 Å². The van der Waals surface area contributed by atoms with Gasteiger partial charge in [-0.25, -0.2) is 0 Å². The lowest BCUT2D eigenvalue weighted by atomic mass is 10.00. The molecule has 0 aromatic carbocycles. The molecule has 0 radical (unpaired) electrons. The largest absolute Gasteiger partial charge is 0.426 e. The van der Waals surface area contributed by atoms with Crippen LogP contribution in [0.5, 0.6) is 0 Å². The second kappa shape index (κ2) is 2.23. The lowest BCUT2D eigenvalue weighted by Crippen LogP contribution is -2.06. The quantitative estimate of drug-likeness (QED) is 0.574. The molecule has 0 saturated carbocycles. The monoisotopic (exact) mass is 154 g/mol. The van der Waals surface area contributed by atoms with Crippen LogP contribution < -0.4 is 5.73 Å². The van der Waals surface area contributed by atoms with Gasteiger partial charge in [-0.2, -0.15) is 4.98 Å². The molecule has 1 atom stereocenters. The molecule has 60 valence electrons. The van der Waals surface area contributed by atoms with Gasteiger partial charge in [0.05, 0.1) is 5.69 Å². The highest BCUT2D eigenvalue weighted by Crippen LogP contribution is 2.30. The van der Waals surface area contributed by atoms with Crippen LogP contribution >= 0.6 is 0 Å². The summed E-state index contributed by atoms with van der Waals surface area (Å²) >= 11 is 0. The Bertz CT molecular complexity index is 269. The molecule has 0 amide bonds. The highest BCUT2D eigenvalue weighted by Gasteiger charge is 2.23. The molecule has 1 aromatic rings. The van der Waals surface area contributed by atoms with Crippen molar-refractivity contribution in [2.24, 2.45) is 0 Å². The van der Waals surface area contributed by atoms with E-state index in [9.17, 15) is 5.11 Å². The van der Waals surface area contributed by atoms with Crippen LogP contribution in [0.15, 0.2) is 4.42 Å². The van der Waals surface area contributed by atoms with Gasteiger partial charge < -0.3 is 15.3 Å². The fourth-order valence-electron chi connectivity index (χ4n) is 1.42. The van der Waals surface area contributed by atoms with Crippen LogP contribution in [0.4, 0.5) is 6.01 Å². The van der Waals surface area contributed by atoms with Crippen LogP contribution in [0.3, 0.4) is 0 Å². The number of nitrogen functional groups attached to an aromatic ring is 1. The zero-order valence-corrected chi connectivity index (χ0v) is 6.08. The number of fused-ring (bicyclic) bond motifs is 1. The summed E-state index contributed by atoms with van der Waals surface area (Å²) < 4.78 is 5.03. The third-order valence-corrected chi connectivity index (χ3v) is 1.94. The summed E-state index contributed by atoms with van der Waals surface area (Å²) in [6.07, 6.45) is 2.08. The molecule has 11 heavy (non-hydrogen) atoms. The third kappa shape index (κ3) is 0.991. The van der Waals surface area contributed by atoms with Crippen LogP contribution in [0, 0.1) is 0 Å². The van der Waals surface area contributed by atoms with Crippen LogP contribution in [-0.4, -0.2) is 10.1 Å². The summed E-state index contributed by atoms with van der Waals surface area (Å²) in [6.45, 7) is 0. The summed E-state index contributed by atoms with van der Waals surface area (Å²) in [5.74, 6) is 0.564. The van der Waals surface area contributed by atoms with Crippen LogP contribution in [0.1, 0.15) is 30.4 Å². The Balaban J connectivity index is 2.43. The van der Waals surface area contributed by atoms with E-state index >= 15 is 0 Å². The summed E-state index contributed by atoms with van der Waals surface area (Å²) in [7, 11) is 0. The molecular weight excluding hydrogens is 144 g/mol. The van der Waals surface area contributed by atoms with Crippen molar-refractivity contribution in [2.75, 3.05) is 5.73 Å². The number of nitrogens with zero attached hydrogens (tertiary/aromatic N) is 1. The lowest BCUT2D eigenvalue weighted by Gasteiger charge is -2.13. The van der Waals surface area contributed by atoms with Gasteiger partial charge in [0.2, 0.25) is 0 Å². The van der Waals surface area contributed by atoms with Crippen molar-refractivity contribution < 1.29 is 9.52 Å². The predicted octanol–water partition coefficient (Wildman–Crippen LogP) is 0.627. The number of aryl methyl sites for hydroxylation is 1. The van der Waals surface area contributed by atoms with Gasteiger partial charge in [-0.1, -0.05) is 0 Å². The summed E-state index contributed by atoms with van der Waals surface area (Å²) in [5, 5.41) is 9.39. The fourth-order valence-corrected chi connectivity index (χ4v) is 1.42. The van der Waals surface area contributed by atoms with Crippen molar-refractivity contribution in [2.45, 2.75) is 25.4 Å². The summed E-state index contributed by atoms with van der Waals surface area (Å²) in [6, 6.07) is 0.163. The molecule has 0 bridgehead atoms. The number of oxazole rings is 1. The first-order valence-electron chi connectivity index (χ1n) is 3.70. The van der Waals surface area contributed by atoms with Crippen molar-refractivity contribution in [3.63, 3.8) is 0 Å². The zero-order chi connectivity index (χ0) is 7.84. The number of aromatic nitrogens is 1. The van der Waals surface area contributed by atoms with Crippen molar-refractivity contribution >= 4 is 6.01 Å². The SMILES string of the molecule is Nc1nc2c(o1)C(O)CCC2. The third-order valence-electron chi connectivity index (χ3n) is 1.94. The predicted molar refractivity (Wildman–Crippen MR) is 38.8 cm³/mol. The van der Waals surface area contributed by atoms with Gasteiger partial charge in [0, 0.05) is 0 Å². The van der Waals surface area contributed by atoms with Crippen molar-refractivity contribution in [1.82, 2.24) is 4.98 Å². The first-order valence-corrected chi connectivity index (χ1v) is 3.70. The van der Waals surface area contributed by atoms with E-state index in [2.05, 4.69) is 4.98 Å². The normalized spacial score (nSPS) is 23.2. The second-order valence-corrected chi connectivity index (χ2v) is 2.77. The van der Waals surface area contributed by atoms with Crippen LogP contribution in [0.25, 0.3) is 0 Å². The van der Waals surface area contributed by atoms with Gasteiger partial charge in [0.25, 0.3) is 6.01 Å². The molecule has 4 heteroatoms. The maximum atomic E-state index is 9.39. The Morgan fingerprint density at radius 3 is 3.18 bits per heavy atom. The van der Waals surface area contributed by atoms with Crippen molar-refractivity contribution in [3.8, 4) is 0 Å². The molecule has 1 aliphatic carbocycles. The van der Waals surface area contributed by atoms with Crippen LogP contribution in [0.2, 0.25) is 0 Å². The number of hydrogen-bond donors (Lipinski definition) is 2. The van der Waals surface area contributed by atoms with E-state index in [1.54, 1.807) is 0 Å². The first kappa shape index (κ1) is 6.67. The minimum Gasteiger partial charge on any atom is -0.426 e. The van der Waals surface area contributed by atoms with Crippen LogP contribution in [-0.2, 0) is 6.42 Å². The van der Waals surface area contributed by atoms with Gasteiger partial charge in [0.1, 0.15) is 6.10 Å². The van der Waals surface area contributed by atoms with E-state index in [0.29, 0.717) is 5.76 Å².